The Morgan fingerprint density at radius 1 is 1.20 bits per heavy atom. The molecule has 0 atom stereocenters. The van der Waals surface area contributed by atoms with E-state index >= 15 is 0 Å². The zero-order valence-corrected chi connectivity index (χ0v) is 11.8. The second-order valence-electron chi connectivity index (χ2n) is 5.38. The standard InChI is InChI=1S/C16H23FN2O/c17-15-8-4-1-5-13(15)9-11-19-16(20)10-12-18-14-6-2-3-7-14/h1,4-5,8,14,18H,2-3,6-7,9-12H2,(H,19,20). The third-order valence-electron chi connectivity index (χ3n) is 3.81. The maximum absolute atomic E-state index is 13.4. The van der Waals surface area contributed by atoms with Crippen molar-refractivity contribution in [1.29, 1.82) is 0 Å². The fraction of sp³-hybridized carbons (Fsp3) is 0.562. The highest BCUT2D eigenvalue weighted by molar-refractivity contribution is 5.76. The van der Waals surface area contributed by atoms with E-state index in [-0.39, 0.29) is 11.7 Å². The molecule has 1 saturated carbocycles. The molecule has 20 heavy (non-hydrogen) atoms. The lowest BCUT2D eigenvalue weighted by molar-refractivity contribution is -0.120. The van der Waals surface area contributed by atoms with Crippen LogP contribution in [0.2, 0.25) is 0 Å². The topological polar surface area (TPSA) is 41.1 Å². The number of carbonyl (C=O) groups is 1. The Balaban J connectivity index is 1.57. The summed E-state index contributed by atoms with van der Waals surface area (Å²) in [7, 11) is 0. The number of amides is 1. The summed E-state index contributed by atoms with van der Waals surface area (Å²) in [6.45, 7) is 1.22. The van der Waals surface area contributed by atoms with E-state index in [1.54, 1.807) is 12.1 Å². The number of benzene rings is 1. The maximum Gasteiger partial charge on any atom is 0.221 e. The zero-order chi connectivity index (χ0) is 14.2. The van der Waals surface area contributed by atoms with Crippen molar-refractivity contribution >= 4 is 5.91 Å². The Morgan fingerprint density at radius 3 is 2.70 bits per heavy atom. The smallest absolute Gasteiger partial charge is 0.221 e. The van der Waals surface area contributed by atoms with Gasteiger partial charge >= 0.3 is 0 Å². The van der Waals surface area contributed by atoms with Crippen molar-refractivity contribution in [2.24, 2.45) is 0 Å². The fourth-order valence-electron chi connectivity index (χ4n) is 2.65. The fourth-order valence-corrected chi connectivity index (χ4v) is 2.65. The van der Waals surface area contributed by atoms with Crippen molar-refractivity contribution in [2.75, 3.05) is 13.1 Å². The lowest BCUT2D eigenvalue weighted by Crippen LogP contribution is -2.32. The Morgan fingerprint density at radius 2 is 1.95 bits per heavy atom. The van der Waals surface area contributed by atoms with E-state index in [1.165, 1.54) is 31.7 Å². The van der Waals surface area contributed by atoms with Gasteiger partial charge in [0.2, 0.25) is 5.91 Å². The van der Waals surface area contributed by atoms with Gasteiger partial charge in [0.1, 0.15) is 5.82 Å². The quantitative estimate of drug-likeness (QED) is 0.804. The SMILES string of the molecule is O=C(CCNC1CCCC1)NCCc1ccccc1F. The van der Waals surface area contributed by atoms with Gasteiger partial charge < -0.3 is 10.6 Å². The van der Waals surface area contributed by atoms with E-state index < -0.39 is 0 Å². The predicted molar refractivity (Wildman–Crippen MR) is 78.0 cm³/mol. The number of hydrogen-bond donors (Lipinski definition) is 2. The maximum atomic E-state index is 13.4. The zero-order valence-electron chi connectivity index (χ0n) is 11.8. The van der Waals surface area contributed by atoms with Crippen molar-refractivity contribution in [3.8, 4) is 0 Å². The molecular weight excluding hydrogens is 255 g/mol. The first-order valence-electron chi connectivity index (χ1n) is 7.49. The van der Waals surface area contributed by atoms with Crippen LogP contribution in [0.1, 0.15) is 37.7 Å². The van der Waals surface area contributed by atoms with Crippen LogP contribution in [-0.4, -0.2) is 25.0 Å². The van der Waals surface area contributed by atoms with E-state index in [1.807, 2.05) is 6.07 Å². The Labute approximate surface area is 120 Å². The number of nitrogens with one attached hydrogen (secondary N) is 2. The average Bonchev–Trinajstić information content (AvgIpc) is 2.94. The van der Waals surface area contributed by atoms with Gasteiger partial charge in [-0.05, 0) is 30.9 Å². The highest BCUT2D eigenvalue weighted by Crippen LogP contribution is 2.17. The molecule has 1 aromatic carbocycles. The molecule has 0 spiro atoms. The van der Waals surface area contributed by atoms with Crippen molar-refractivity contribution in [2.45, 2.75) is 44.6 Å². The number of hydrogen-bond acceptors (Lipinski definition) is 2. The molecule has 0 bridgehead atoms. The van der Waals surface area contributed by atoms with Gasteiger partial charge in [-0.1, -0.05) is 31.0 Å². The second kappa shape index (κ2) is 8.00. The van der Waals surface area contributed by atoms with Crippen molar-refractivity contribution < 1.29 is 9.18 Å². The normalized spacial score (nSPS) is 15.4. The minimum atomic E-state index is -0.204. The summed E-state index contributed by atoms with van der Waals surface area (Å²) in [5.41, 5.74) is 0.650. The number of rotatable bonds is 7. The molecule has 110 valence electrons. The van der Waals surface area contributed by atoms with Crippen LogP contribution in [0, 0.1) is 5.82 Å². The van der Waals surface area contributed by atoms with Gasteiger partial charge in [0.25, 0.3) is 0 Å². The second-order valence-corrected chi connectivity index (χ2v) is 5.38. The minimum absolute atomic E-state index is 0.0341. The molecule has 0 heterocycles. The van der Waals surface area contributed by atoms with E-state index in [4.69, 9.17) is 0 Å². The van der Waals surface area contributed by atoms with E-state index in [2.05, 4.69) is 10.6 Å². The Hall–Kier alpha value is -1.42. The lowest BCUT2D eigenvalue weighted by atomic mass is 10.1. The summed E-state index contributed by atoms with van der Waals surface area (Å²) >= 11 is 0. The largest absolute Gasteiger partial charge is 0.356 e. The molecular formula is C16H23FN2O. The predicted octanol–water partition coefficient (Wildman–Crippen LogP) is 2.41. The molecule has 3 nitrogen and oxygen atoms in total. The molecule has 2 rings (SSSR count). The van der Waals surface area contributed by atoms with Crippen molar-refractivity contribution in [3.63, 3.8) is 0 Å². The van der Waals surface area contributed by atoms with Crippen LogP contribution >= 0.6 is 0 Å². The van der Waals surface area contributed by atoms with Crippen LogP contribution in [0.4, 0.5) is 4.39 Å². The van der Waals surface area contributed by atoms with Gasteiger partial charge in [0.15, 0.2) is 0 Å². The first-order valence-corrected chi connectivity index (χ1v) is 7.49. The molecule has 1 aromatic rings. The van der Waals surface area contributed by atoms with Crippen LogP contribution in [0.25, 0.3) is 0 Å². The molecule has 0 saturated heterocycles. The van der Waals surface area contributed by atoms with Gasteiger partial charge in [-0.25, -0.2) is 4.39 Å². The van der Waals surface area contributed by atoms with Gasteiger partial charge in [-0.3, -0.25) is 4.79 Å². The molecule has 1 aliphatic rings. The monoisotopic (exact) mass is 278 g/mol. The van der Waals surface area contributed by atoms with Crippen molar-refractivity contribution in [3.05, 3.63) is 35.6 Å². The highest BCUT2D eigenvalue weighted by atomic mass is 19.1. The minimum Gasteiger partial charge on any atom is -0.356 e. The van der Waals surface area contributed by atoms with Gasteiger partial charge in [0.05, 0.1) is 0 Å². The number of halogens is 1. The molecule has 1 aliphatic carbocycles. The Kier molecular flexibility index (Phi) is 5.99. The van der Waals surface area contributed by atoms with E-state index in [0.29, 0.717) is 31.0 Å². The molecule has 0 aromatic heterocycles. The van der Waals surface area contributed by atoms with Gasteiger partial charge in [0, 0.05) is 25.6 Å². The summed E-state index contributed by atoms with van der Waals surface area (Å²) in [5, 5.41) is 6.25. The number of carbonyl (C=O) groups excluding carboxylic acids is 1. The lowest BCUT2D eigenvalue weighted by Gasteiger charge is -2.11. The summed E-state index contributed by atoms with van der Waals surface area (Å²) < 4.78 is 13.4. The molecule has 2 N–H and O–H groups in total. The molecule has 0 unspecified atom stereocenters. The van der Waals surface area contributed by atoms with Gasteiger partial charge in [-0.15, -0.1) is 0 Å². The molecule has 0 radical (unpaired) electrons. The van der Waals surface area contributed by atoms with Crippen LogP contribution < -0.4 is 10.6 Å². The van der Waals surface area contributed by atoms with Gasteiger partial charge in [-0.2, -0.15) is 0 Å². The third kappa shape index (κ3) is 4.93. The first kappa shape index (κ1) is 15.0. The molecule has 4 heteroatoms. The summed E-state index contributed by atoms with van der Waals surface area (Å²) in [6.07, 6.45) is 6.09. The molecule has 1 amide bonds. The summed E-state index contributed by atoms with van der Waals surface area (Å²) in [5.74, 6) is -0.170. The molecule has 1 fully saturated rings. The van der Waals surface area contributed by atoms with Crippen LogP contribution in [0.3, 0.4) is 0 Å². The molecule has 0 aliphatic heterocycles. The first-order chi connectivity index (χ1) is 9.75. The highest BCUT2D eigenvalue weighted by Gasteiger charge is 2.14. The Bertz CT molecular complexity index is 430. The third-order valence-corrected chi connectivity index (χ3v) is 3.81. The van der Waals surface area contributed by atoms with E-state index in [0.717, 1.165) is 6.54 Å². The summed E-state index contributed by atoms with van der Waals surface area (Å²) in [4.78, 5) is 11.6. The average molecular weight is 278 g/mol. The van der Waals surface area contributed by atoms with Crippen molar-refractivity contribution in [1.82, 2.24) is 10.6 Å². The van der Waals surface area contributed by atoms with E-state index in [9.17, 15) is 9.18 Å². The summed E-state index contributed by atoms with van der Waals surface area (Å²) in [6, 6.07) is 7.28. The van der Waals surface area contributed by atoms with Crippen LogP contribution in [-0.2, 0) is 11.2 Å². The van der Waals surface area contributed by atoms with Crippen LogP contribution in [0.15, 0.2) is 24.3 Å². The van der Waals surface area contributed by atoms with Crippen LogP contribution in [0.5, 0.6) is 0 Å².